The summed E-state index contributed by atoms with van der Waals surface area (Å²) in [4.78, 5) is 34.7. The molecule has 114 valence electrons. The van der Waals surface area contributed by atoms with Gasteiger partial charge in [-0.1, -0.05) is 25.4 Å². The quantitative estimate of drug-likeness (QED) is 0.720. The highest BCUT2D eigenvalue weighted by molar-refractivity contribution is 6.30. The van der Waals surface area contributed by atoms with E-state index in [9.17, 15) is 14.4 Å². The minimum Gasteiger partial charge on any atom is -0.368 e. The third-order valence-corrected chi connectivity index (χ3v) is 3.03. The van der Waals surface area contributed by atoms with Crippen LogP contribution in [-0.2, 0) is 9.59 Å². The molecular weight excluding hydrogens is 294 g/mol. The third kappa shape index (κ3) is 5.43. The van der Waals surface area contributed by atoms with Crippen LogP contribution in [0.15, 0.2) is 24.3 Å². The fraction of sp³-hybridized carbons (Fsp3) is 0.357. The Labute approximate surface area is 128 Å². The van der Waals surface area contributed by atoms with Crippen LogP contribution in [-0.4, -0.2) is 30.3 Å². The maximum atomic E-state index is 12.1. The molecule has 6 nitrogen and oxygen atoms in total. The Morgan fingerprint density at radius 2 is 1.76 bits per heavy atom. The second-order valence-corrected chi connectivity index (χ2v) is 5.32. The smallest absolute Gasteiger partial charge is 0.251 e. The second kappa shape index (κ2) is 7.64. The molecule has 0 aliphatic rings. The number of halogens is 1. The fourth-order valence-corrected chi connectivity index (χ4v) is 1.77. The van der Waals surface area contributed by atoms with Crippen LogP contribution in [0.25, 0.3) is 0 Å². The van der Waals surface area contributed by atoms with Gasteiger partial charge in [0.1, 0.15) is 6.04 Å². The van der Waals surface area contributed by atoms with E-state index in [2.05, 4.69) is 10.6 Å². The Morgan fingerprint density at radius 1 is 1.19 bits per heavy atom. The van der Waals surface area contributed by atoms with Crippen LogP contribution in [0.2, 0.25) is 5.02 Å². The number of primary amides is 1. The van der Waals surface area contributed by atoms with E-state index in [1.54, 1.807) is 38.1 Å². The van der Waals surface area contributed by atoms with Gasteiger partial charge >= 0.3 is 0 Å². The van der Waals surface area contributed by atoms with Gasteiger partial charge in [0.05, 0.1) is 6.54 Å². The Bertz CT molecular complexity index is 529. The van der Waals surface area contributed by atoms with Crippen LogP contribution in [0, 0.1) is 5.92 Å². The largest absolute Gasteiger partial charge is 0.368 e. The Kier molecular flexibility index (Phi) is 6.17. The zero-order chi connectivity index (χ0) is 16.0. The Hall–Kier alpha value is -2.08. The van der Waals surface area contributed by atoms with Crippen molar-refractivity contribution in [2.24, 2.45) is 11.7 Å². The van der Waals surface area contributed by atoms with E-state index in [-0.39, 0.29) is 18.4 Å². The van der Waals surface area contributed by atoms with Crippen LogP contribution in [0.1, 0.15) is 24.2 Å². The van der Waals surface area contributed by atoms with Crippen molar-refractivity contribution in [1.82, 2.24) is 10.6 Å². The van der Waals surface area contributed by atoms with Crippen LogP contribution < -0.4 is 16.4 Å². The summed E-state index contributed by atoms with van der Waals surface area (Å²) in [5.41, 5.74) is 5.37. The maximum Gasteiger partial charge on any atom is 0.251 e. The lowest BCUT2D eigenvalue weighted by atomic mass is 10.0. The average molecular weight is 312 g/mol. The van der Waals surface area contributed by atoms with E-state index in [0.29, 0.717) is 10.6 Å². The number of nitrogens with one attached hydrogen (secondary N) is 2. The van der Waals surface area contributed by atoms with Gasteiger partial charge in [0.25, 0.3) is 5.91 Å². The van der Waals surface area contributed by atoms with Gasteiger partial charge in [0.15, 0.2) is 0 Å². The van der Waals surface area contributed by atoms with Gasteiger partial charge in [0, 0.05) is 10.6 Å². The zero-order valence-electron chi connectivity index (χ0n) is 11.9. The van der Waals surface area contributed by atoms with Crippen molar-refractivity contribution in [3.05, 3.63) is 34.9 Å². The molecule has 0 spiro atoms. The first-order valence-corrected chi connectivity index (χ1v) is 6.81. The van der Waals surface area contributed by atoms with Crippen LogP contribution >= 0.6 is 11.6 Å². The molecule has 0 saturated carbocycles. The molecule has 0 aromatic heterocycles. The summed E-state index contributed by atoms with van der Waals surface area (Å²) in [5, 5.41) is 5.53. The molecule has 7 heteroatoms. The summed E-state index contributed by atoms with van der Waals surface area (Å²) in [6.07, 6.45) is 0. The van der Waals surface area contributed by atoms with Crippen molar-refractivity contribution in [3.63, 3.8) is 0 Å². The lowest BCUT2D eigenvalue weighted by Gasteiger charge is -2.21. The number of rotatable bonds is 6. The minimum atomic E-state index is -0.757. The van der Waals surface area contributed by atoms with Crippen molar-refractivity contribution < 1.29 is 14.4 Å². The molecule has 0 radical (unpaired) electrons. The molecule has 1 rings (SSSR count). The molecule has 0 aliphatic carbocycles. The van der Waals surface area contributed by atoms with E-state index in [0.717, 1.165) is 0 Å². The maximum absolute atomic E-state index is 12.1. The molecule has 0 saturated heterocycles. The predicted octanol–water partition coefficient (Wildman–Crippen LogP) is 0.696. The molecule has 1 aromatic rings. The van der Waals surface area contributed by atoms with Gasteiger partial charge in [-0.25, -0.2) is 0 Å². The molecular formula is C14H18ClN3O3. The molecule has 3 amide bonds. The molecule has 21 heavy (non-hydrogen) atoms. The molecule has 1 atom stereocenters. The van der Waals surface area contributed by atoms with Crippen molar-refractivity contribution in [2.75, 3.05) is 6.54 Å². The van der Waals surface area contributed by atoms with Gasteiger partial charge in [-0.2, -0.15) is 0 Å². The predicted molar refractivity (Wildman–Crippen MR) is 79.7 cm³/mol. The number of hydrogen-bond donors (Lipinski definition) is 3. The first-order valence-electron chi connectivity index (χ1n) is 6.43. The summed E-state index contributed by atoms with van der Waals surface area (Å²) < 4.78 is 0. The molecule has 0 bridgehead atoms. The van der Waals surface area contributed by atoms with E-state index >= 15 is 0 Å². The molecule has 0 fully saturated rings. The second-order valence-electron chi connectivity index (χ2n) is 4.89. The molecule has 1 unspecified atom stereocenters. The van der Waals surface area contributed by atoms with Gasteiger partial charge < -0.3 is 16.4 Å². The van der Waals surface area contributed by atoms with Gasteiger partial charge in [-0.3, -0.25) is 14.4 Å². The molecule has 0 heterocycles. The lowest BCUT2D eigenvalue weighted by molar-refractivity contribution is -0.126. The Balaban J connectivity index is 2.73. The van der Waals surface area contributed by atoms with Crippen LogP contribution in [0.3, 0.4) is 0 Å². The summed E-state index contributed by atoms with van der Waals surface area (Å²) in [6, 6.07) is 5.56. The standard InChI is InChI=1S/C14H18ClN3O3/c1-8(2)12(14(21)17-7-11(16)19)18-13(20)9-3-5-10(15)6-4-9/h3-6,8,12H,7H2,1-2H3,(H2,16,19)(H,17,21)(H,18,20). The monoisotopic (exact) mass is 311 g/mol. The van der Waals surface area contributed by atoms with E-state index in [1.807, 2.05) is 0 Å². The highest BCUT2D eigenvalue weighted by atomic mass is 35.5. The van der Waals surface area contributed by atoms with Crippen LogP contribution in [0.5, 0.6) is 0 Å². The number of hydrogen-bond acceptors (Lipinski definition) is 3. The van der Waals surface area contributed by atoms with E-state index < -0.39 is 17.9 Å². The Morgan fingerprint density at radius 3 is 2.24 bits per heavy atom. The third-order valence-electron chi connectivity index (χ3n) is 2.78. The average Bonchev–Trinajstić information content (AvgIpc) is 2.42. The first kappa shape index (κ1) is 17.0. The van der Waals surface area contributed by atoms with Crippen molar-refractivity contribution in [1.29, 1.82) is 0 Å². The number of amides is 3. The van der Waals surface area contributed by atoms with Crippen molar-refractivity contribution in [3.8, 4) is 0 Å². The molecule has 1 aromatic carbocycles. The number of carbonyl (C=O) groups is 3. The van der Waals surface area contributed by atoms with Gasteiger partial charge in [-0.05, 0) is 30.2 Å². The lowest BCUT2D eigenvalue weighted by Crippen LogP contribution is -2.51. The summed E-state index contributed by atoms with van der Waals surface area (Å²) in [6.45, 7) is 3.31. The SMILES string of the molecule is CC(C)C(NC(=O)c1ccc(Cl)cc1)C(=O)NCC(N)=O. The van der Waals surface area contributed by atoms with E-state index in [1.165, 1.54) is 0 Å². The van der Waals surface area contributed by atoms with Crippen molar-refractivity contribution >= 4 is 29.3 Å². The zero-order valence-corrected chi connectivity index (χ0v) is 12.6. The minimum absolute atomic E-state index is 0.144. The summed E-state index contributed by atoms with van der Waals surface area (Å²) in [5.74, 6) is -1.63. The normalized spacial score (nSPS) is 11.8. The van der Waals surface area contributed by atoms with Crippen LogP contribution in [0.4, 0.5) is 0 Å². The van der Waals surface area contributed by atoms with Gasteiger partial charge in [0.2, 0.25) is 11.8 Å². The highest BCUT2D eigenvalue weighted by Crippen LogP contribution is 2.10. The van der Waals surface area contributed by atoms with Crippen molar-refractivity contribution in [2.45, 2.75) is 19.9 Å². The number of benzene rings is 1. The number of nitrogens with two attached hydrogens (primary N) is 1. The number of carbonyl (C=O) groups excluding carboxylic acids is 3. The van der Waals surface area contributed by atoms with Gasteiger partial charge in [-0.15, -0.1) is 0 Å². The molecule has 4 N–H and O–H groups in total. The fourth-order valence-electron chi connectivity index (χ4n) is 1.64. The highest BCUT2D eigenvalue weighted by Gasteiger charge is 2.24. The summed E-state index contributed by atoms with van der Waals surface area (Å²) >= 11 is 5.75. The van der Waals surface area contributed by atoms with E-state index in [4.69, 9.17) is 17.3 Å². The first-order chi connectivity index (χ1) is 9.81. The topological polar surface area (TPSA) is 101 Å². The molecule has 0 aliphatic heterocycles. The summed E-state index contributed by atoms with van der Waals surface area (Å²) in [7, 11) is 0.